The predicted molar refractivity (Wildman–Crippen MR) is 87.3 cm³/mol. The van der Waals surface area contributed by atoms with Crippen molar-refractivity contribution in [3.63, 3.8) is 0 Å². The maximum absolute atomic E-state index is 12.3. The number of carbonyl (C=O) groups excluding carboxylic acids is 2. The number of benzene rings is 1. The van der Waals surface area contributed by atoms with Gasteiger partial charge in [-0.2, -0.15) is 0 Å². The molecule has 5 heteroatoms. The van der Waals surface area contributed by atoms with Crippen LogP contribution in [0.4, 0.5) is 0 Å². The van der Waals surface area contributed by atoms with Crippen molar-refractivity contribution in [1.82, 2.24) is 4.90 Å². The van der Waals surface area contributed by atoms with Gasteiger partial charge in [0.25, 0.3) is 0 Å². The van der Waals surface area contributed by atoms with Gasteiger partial charge in [-0.1, -0.05) is 36.8 Å². The summed E-state index contributed by atoms with van der Waals surface area (Å²) in [5, 5.41) is 0. The number of hydrogen-bond donors (Lipinski definition) is 0. The molecule has 0 amide bonds. The minimum absolute atomic E-state index is 0.0579. The van der Waals surface area contributed by atoms with E-state index < -0.39 is 11.6 Å². The van der Waals surface area contributed by atoms with Crippen LogP contribution in [0.1, 0.15) is 36.0 Å². The second kappa shape index (κ2) is 6.77. The summed E-state index contributed by atoms with van der Waals surface area (Å²) in [4.78, 5) is 30.7. The van der Waals surface area contributed by atoms with Crippen LogP contribution in [0.25, 0.3) is 0 Å². The van der Waals surface area contributed by atoms with Crippen molar-refractivity contribution in [1.29, 1.82) is 0 Å². The van der Waals surface area contributed by atoms with E-state index in [-0.39, 0.29) is 12.6 Å². The third-order valence-corrected chi connectivity index (χ3v) is 4.38. The zero-order chi connectivity index (χ0) is 16.2. The Labute approximate surface area is 135 Å². The molecule has 1 heterocycles. The van der Waals surface area contributed by atoms with Gasteiger partial charge in [-0.25, -0.2) is 4.99 Å². The Morgan fingerprint density at radius 2 is 2.04 bits per heavy atom. The first-order valence-electron chi connectivity index (χ1n) is 7.90. The normalized spacial score (nSPS) is 20.2. The van der Waals surface area contributed by atoms with Gasteiger partial charge >= 0.3 is 0 Å². The summed E-state index contributed by atoms with van der Waals surface area (Å²) >= 11 is 0. The minimum Gasteiger partial charge on any atom is -0.481 e. The van der Waals surface area contributed by atoms with Gasteiger partial charge in [0.1, 0.15) is 0 Å². The molecule has 120 valence electrons. The summed E-state index contributed by atoms with van der Waals surface area (Å²) in [5.41, 5.74) is 1.57. The fourth-order valence-corrected chi connectivity index (χ4v) is 3.22. The molecule has 1 aliphatic heterocycles. The average molecular weight is 312 g/mol. The molecule has 0 aromatic heterocycles. The molecule has 1 saturated carbocycles. The molecule has 0 radical (unpaired) electrons. The second-order valence-electron chi connectivity index (χ2n) is 5.83. The van der Waals surface area contributed by atoms with E-state index in [0.29, 0.717) is 11.4 Å². The summed E-state index contributed by atoms with van der Waals surface area (Å²) in [6.45, 7) is 0.0579. The van der Waals surface area contributed by atoms with Gasteiger partial charge < -0.3 is 9.64 Å². The van der Waals surface area contributed by atoms with Crippen LogP contribution < -0.4 is 0 Å². The molecule has 5 nitrogen and oxygen atoms in total. The third-order valence-electron chi connectivity index (χ3n) is 4.38. The van der Waals surface area contributed by atoms with Crippen LogP contribution in [0.15, 0.2) is 46.8 Å². The fraction of sp³-hybridized carbons (Fsp3) is 0.389. The summed E-state index contributed by atoms with van der Waals surface area (Å²) in [6, 6.07) is 8.79. The van der Waals surface area contributed by atoms with Crippen molar-refractivity contribution in [2.45, 2.75) is 31.7 Å². The Morgan fingerprint density at radius 1 is 1.26 bits per heavy atom. The highest BCUT2D eigenvalue weighted by Crippen LogP contribution is 2.32. The molecule has 3 rings (SSSR count). The molecule has 0 bridgehead atoms. The lowest BCUT2D eigenvalue weighted by Gasteiger charge is -2.37. The largest absolute Gasteiger partial charge is 0.481 e. The topological polar surface area (TPSA) is 59.0 Å². The number of Topliss-reactive ketones (excluding diaryl/α,β-unsaturated/α-hetero) is 2. The van der Waals surface area contributed by atoms with E-state index in [9.17, 15) is 9.59 Å². The van der Waals surface area contributed by atoms with Crippen LogP contribution >= 0.6 is 0 Å². The highest BCUT2D eigenvalue weighted by molar-refractivity contribution is 6.44. The summed E-state index contributed by atoms with van der Waals surface area (Å²) < 4.78 is 5.33. The van der Waals surface area contributed by atoms with Gasteiger partial charge in [0.2, 0.25) is 17.4 Å². The molecule has 1 aromatic carbocycles. The Morgan fingerprint density at radius 3 is 2.78 bits per heavy atom. The van der Waals surface area contributed by atoms with Gasteiger partial charge in [0.05, 0.1) is 26.0 Å². The highest BCUT2D eigenvalue weighted by atomic mass is 16.5. The molecule has 0 saturated heterocycles. The number of ether oxygens (including phenoxy) is 1. The second-order valence-corrected chi connectivity index (χ2v) is 5.83. The summed E-state index contributed by atoms with van der Waals surface area (Å²) in [6.07, 6.45) is 5.74. The van der Waals surface area contributed by atoms with Crippen molar-refractivity contribution >= 4 is 17.9 Å². The molecule has 23 heavy (non-hydrogen) atoms. The number of aliphatic imine (C=N–C) groups is 1. The monoisotopic (exact) mass is 312 g/mol. The molecule has 0 spiro atoms. The van der Waals surface area contributed by atoms with Gasteiger partial charge in [0, 0.05) is 11.1 Å². The standard InChI is InChI=1S/C18H20N2O3/c1-23-18-14-9-5-6-10-15(14)20(12-19-18)11-16(21)17(22)13-7-3-2-4-8-13/h2-4,7-8,12,15H,5-6,9-11H2,1H3. The first-order chi connectivity index (χ1) is 11.2. The Hall–Kier alpha value is -2.43. The van der Waals surface area contributed by atoms with Crippen LogP contribution in [-0.4, -0.2) is 42.5 Å². The minimum atomic E-state index is -0.446. The number of carbonyl (C=O) groups is 2. The zero-order valence-corrected chi connectivity index (χ0v) is 13.2. The number of rotatable bonds is 5. The van der Waals surface area contributed by atoms with Crippen molar-refractivity contribution < 1.29 is 14.3 Å². The molecular formula is C18H20N2O3. The van der Waals surface area contributed by atoms with Crippen molar-refractivity contribution in [3.8, 4) is 0 Å². The predicted octanol–water partition coefficient (Wildman–Crippen LogP) is 2.58. The molecule has 1 aromatic rings. The first kappa shape index (κ1) is 15.5. The molecule has 0 N–H and O–H groups in total. The highest BCUT2D eigenvalue weighted by Gasteiger charge is 2.32. The smallest absolute Gasteiger partial charge is 0.230 e. The summed E-state index contributed by atoms with van der Waals surface area (Å²) in [5.74, 6) is -0.195. The van der Waals surface area contributed by atoms with Gasteiger partial charge in [-0.15, -0.1) is 0 Å². The van der Waals surface area contributed by atoms with Crippen LogP contribution in [0.2, 0.25) is 0 Å². The van der Waals surface area contributed by atoms with Gasteiger partial charge in [-0.05, 0) is 19.3 Å². The third kappa shape index (κ3) is 3.18. The number of ketones is 2. The van der Waals surface area contributed by atoms with E-state index in [1.54, 1.807) is 37.7 Å². The Bertz CT molecular complexity index is 664. The van der Waals surface area contributed by atoms with Crippen molar-refractivity contribution in [2.75, 3.05) is 13.7 Å². The van der Waals surface area contributed by atoms with E-state index in [2.05, 4.69) is 4.99 Å². The van der Waals surface area contributed by atoms with E-state index >= 15 is 0 Å². The van der Waals surface area contributed by atoms with Crippen molar-refractivity contribution in [3.05, 3.63) is 47.4 Å². The van der Waals surface area contributed by atoms with Gasteiger partial charge in [0.15, 0.2) is 0 Å². The Kier molecular flexibility index (Phi) is 4.55. The zero-order valence-electron chi connectivity index (χ0n) is 13.2. The maximum Gasteiger partial charge on any atom is 0.230 e. The molecule has 1 unspecified atom stereocenters. The SMILES string of the molecule is COC1=C2CCCCC2N(CC(=O)C(=O)c2ccccc2)C=N1. The fourth-order valence-electron chi connectivity index (χ4n) is 3.22. The molecule has 1 atom stereocenters. The number of fused-ring (bicyclic) bond motifs is 1. The lowest BCUT2D eigenvalue weighted by Crippen LogP contribution is -2.44. The Balaban J connectivity index is 1.73. The van der Waals surface area contributed by atoms with Crippen LogP contribution in [-0.2, 0) is 9.53 Å². The number of methoxy groups -OCH3 is 1. The lowest BCUT2D eigenvalue weighted by atomic mass is 9.88. The van der Waals surface area contributed by atoms with E-state index in [1.807, 2.05) is 11.0 Å². The lowest BCUT2D eigenvalue weighted by molar-refractivity contribution is -0.115. The van der Waals surface area contributed by atoms with Crippen LogP contribution in [0, 0.1) is 0 Å². The van der Waals surface area contributed by atoms with Crippen LogP contribution in [0.3, 0.4) is 0 Å². The maximum atomic E-state index is 12.3. The molecule has 1 aliphatic carbocycles. The van der Waals surface area contributed by atoms with Crippen molar-refractivity contribution in [2.24, 2.45) is 4.99 Å². The number of nitrogens with zero attached hydrogens (tertiary/aromatic N) is 2. The molecule has 1 fully saturated rings. The molecular weight excluding hydrogens is 292 g/mol. The van der Waals surface area contributed by atoms with E-state index in [1.165, 1.54) is 0 Å². The van der Waals surface area contributed by atoms with E-state index in [4.69, 9.17) is 4.74 Å². The first-order valence-corrected chi connectivity index (χ1v) is 7.90. The molecule has 2 aliphatic rings. The van der Waals surface area contributed by atoms with Gasteiger partial charge in [-0.3, -0.25) is 9.59 Å². The average Bonchev–Trinajstić information content (AvgIpc) is 2.62. The van der Waals surface area contributed by atoms with E-state index in [0.717, 1.165) is 31.3 Å². The summed E-state index contributed by atoms with van der Waals surface area (Å²) in [7, 11) is 1.62. The number of hydrogen-bond acceptors (Lipinski definition) is 5. The quantitative estimate of drug-likeness (QED) is 0.619. The van der Waals surface area contributed by atoms with Crippen LogP contribution in [0.5, 0.6) is 0 Å².